The van der Waals surface area contributed by atoms with Crippen molar-refractivity contribution in [2.75, 3.05) is 19.0 Å². The van der Waals surface area contributed by atoms with E-state index in [1.807, 2.05) is 6.07 Å². The van der Waals surface area contributed by atoms with Gasteiger partial charge in [0.25, 0.3) is 0 Å². The van der Waals surface area contributed by atoms with Crippen molar-refractivity contribution < 1.29 is 18.5 Å². The summed E-state index contributed by atoms with van der Waals surface area (Å²) in [5, 5.41) is 2.64. The summed E-state index contributed by atoms with van der Waals surface area (Å²) in [7, 11) is -1.22. The molecule has 0 aliphatic carbocycles. The molecule has 6 nitrogen and oxygen atoms in total. The Kier molecular flexibility index (Phi) is 6.09. The third-order valence-electron chi connectivity index (χ3n) is 3.56. The smallest absolute Gasteiger partial charge is 0.240 e. The number of rotatable bonds is 7. The molecule has 120 valence electrons. The molecule has 7 heteroatoms. The van der Waals surface area contributed by atoms with Gasteiger partial charge in [-0.1, -0.05) is 18.2 Å². The van der Waals surface area contributed by atoms with E-state index in [9.17, 15) is 13.8 Å². The van der Waals surface area contributed by atoms with Crippen LogP contribution in [0, 0.1) is 5.92 Å². The lowest BCUT2D eigenvalue weighted by Crippen LogP contribution is -2.47. The maximum Gasteiger partial charge on any atom is 0.240 e. The maximum absolute atomic E-state index is 12.1. The van der Waals surface area contributed by atoms with Crippen molar-refractivity contribution >= 4 is 22.6 Å². The number of ether oxygens (including phenoxy) is 1. The van der Waals surface area contributed by atoms with E-state index >= 15 is 0 Å². The van der Waals surface area contributed by atoms with Crippen LogP contribution in [0.5, 0.6) is 0 Å². The second-order valence-corrected chi connectivity index (χ2v) is 6.75. The van der Waals surface area contributed by atoms with Gasteiger partial charge in [0.2, 0.25) is 11.8 Å². The molecule has 0 radical (unpaired) electrons. The van der Waals surface area contributed by atoms with Crippen LogP contribution in [0.15, 0.2) is 35.2 Å². The van der Waals surface area contributed by atoms with Crippen molar-refractivity contribution in [1.82, 2.24) is 5.32 Å². The molecule has 0 bridgehead atoms. The molecule has 22 heavy (non-hydrogen) atoms. The van der Waals surface area contributed by atoms with Gasteiger partial charge in [0.1, 0.15) is 6.04 Å². The van der Waals surface area contributed by atoms with E-state index in [2.05, 4.69) is 5.32 Å². The largest absolute Gasteiger partial charge is 0.381 e. The standard InChI is InChI=1S/C15H20N2O4S/c16-14(18)13(17-15(19)11-6-8-21-10-11)7-9-22(20)12-4-2-1-3-5-12/h1-5,11,13H,6-10H2,(H2,16,18)(H,17,19)/t11-,13+,22-/m1/s1. The highest BCUT2D eigenvalue weighted by Crippen LogP contribution is 2.13. The van der Waals surface area contributed by atoms with Gasteiger partial charge in [0.05, 0.1) is 23.3 Å². The summed E-state index contributed by atoms with van der Waals surface area (Å²) in [5.41, 5.74) is 5.32. The Hall–Kier alpha value is -1.73. The van der Waals surface area contributed by atoms with Gasteiger partial charge in [-0.25, -0.2) is 0 Å². The Labute approximate surface area is 131 Å². The number of hydrogen-bond acceptors (Lipinski definition) is 4. The molecule has 2 amide bonds. The summed E-state index contributed by atoms with van der Waals surface area (Å²) in [4.78, 5) is 24.2. The molecule has 0 saturated carbocycles. The average Bonchev–Trinajstić information content (AvgIpc) is 3.06. The fraction of sp³-hybridized carbons (Fsp3) is 0.467. The zero-order valence-electron chi connectivity index (χ0n) is 12.2. The van der Waals surface area contributed by atoms with Gasteiger partial charge in [-0.3, -0.25) is 13.8 Å². The second kappa shape index (κ2) is 8.05. The van der Waals surface area contributed by atoms with Gasteiger partial charge in [0, 0.05) is 17.3 Å². The Morgan fingerprint density at radius 1 is 1.36 bits per heavy atom. The summed E-state index contributed by atoms with van der Waals surface area (Å²) in [6.07, 6.45) is 0.892. The number of nitrogens with one attached hydrogen (secondary N) is 1. The molecule has 1 aliphatic heterocycles. The summed E-state index contributed by atoms with van der Waals surface area (Å²) < 4.78 is 17.3. The molecule has 1 aliphatic rings. The van der Waals surface area contributed by atoms with Crippen LogP contribution >= 0.6 is 0 Å². The Bertz CT molecular complexity index is 544. The van der Waals surface area contributed by atoms with Crippen LogP contribution in [-0.2, 0) is 25.1 Å². The van der Waals surface area contributed by atoms with Gasteiger partial charge in [-0.2, -0.15) is 0 Å². The van der Waals surface area contributed by atoms with Crippen LogP contribution in [0.4, 0.5) is 0 Å². The predicted molar refractivity (Wildman–Crippen MR) is 82.4 cm³/mol. The number of hydrogen-bond donors (Lipinski definition) is 2. The molecule has 0 aromatic heterocycles. The zero-order valence-corrected chi connectivity index (χ0v) is 13.0. The Morgan fingerprint density at radius 3 is 2.68 bits per heavy atom. The number of benzene rings is 1. The third kappa shape index (κ3) is 4.64. The molecule has 2 rings (SSSR count). The minimum Gasteiger partial charge on any atom is -0.381 e. The summed E-state index contributed by atoms with van der Waals surface area (Å²) >= 11 is 0. The number of primary amides is 1. The number of carbonyl (C=O) groups excluding carboxylic acids is 2. The van der Waals surface area contributed by atoms with Crippen molar-refractivity contribution in [2.45, 2.75) is 23.8 Å². The maximum atomic E-state index is 12.1. The van der Waals surface area contributed by atoms with Crippen LogP contribution in [0.1, 0.15) is 12.8 Å². The lowest BCUT2D eigenvalue weighted by molar-refractivity contribution is -0.129. The van der Waals surface area contributed by atoms with Crippen molar-refractivity contribution in [3.8, 4) is 0 Å². The van der Waals surface area contributed by atoms with Gasteiger partial charge < -0.3 is 15.8 Å². The van der Waals surface area contributed by atoms with E-state index in [0.29, 0.717) is 24.5 Å². The highest BCUT2D eigenvalue weighted by Gasteiger charge is 2.27. The normalized spacial score (nSPS) is 20.3. The highest BCUT2D eigenvalue weighted by atomic mass is 32.2. The first kappa shape index (κ1) is 16.6. The van der Waals surface area contributed by atoms with Gasteiger partial charge >= 0.3 is 0 Å². The van der Waals surface area contributed by atoms with E-state index < -0.39 is 22.7 Å². The summed E-state index contributed by atoms with van der Waals surface area (Å²) in [5.74, 6) is -0.815. The topological polar surface area (TPSA) is 98.5 Å². The number of amides is 2. The molecule has 3 N–H and O–H groups in total. The molecular weight excluding hydrogens is 304 g/mol. The van der Waals surface area contributed by atoms with E-state index in [0.717, 1.165) is 0 Å². The molecule has 3 atom stereocenters. The van der Waals surface area contributed by atoms with Gasteiger partial charge in [-0.15, -0.1) is 0 Å². The minimum atomic E-state index is -1.22. The minimum absolute atomic E-state index is 0.230. The van der Waals surface area contributed by atoms with E-state index in [1.54, 1.807) is 24.3 Å². The molecule has 1 aromatic rings. The van der Waals surface area contributed by atoms with Gasteiger partial charge in [-0.05, 0) is 25.0 Å². The van der Waals surface area contributed by atoms with Crippen LogP contribution in [-0.4, -0.2) is 41.0 Å². The van der Waals surface area contributed by atoms with E-state index in [4.69, 9.17) is 10.5 Å². The summed E-state index contributed by atoms with van der Waals surface area (Å²) in [6, 6.07) is 8.19. The molecule has 1 saturated heterocycles. The van der Waals surface area contributed by atoms with Crippen LogP contribution < -0.4 is 11.1 Å². The lowest BCUT2D eigenvalue weighted by atomic mass is 10.1. The second-order valence-electron chi connectivity index (χ2n) is 5.18. The lowest BCUT2D eigenvalue weighted by Gasteiger charge is -2.17. The van der Waals surface area contributed by atoms with Crippen molar-refractivity contribution in [3.63, 3.8) is 0 Å². The molecule has 1 heterocycles. The Morgan fingerprint density at radius 2 is 2.09 bits per heavy atom. The fourth-order valence-corrected chi connectivity index (χ4v) is 3.38. The number of nitrogens with two attached hydrogens (primary N) is 1. The SMILES string of the molecule is NC(=O)[C@H](CC[S@@](=O)c1ccccc1)NC(=O)[C@@H]1CCOC1. The molecular formula is C15H20N2O4S. The first-order chi connectivity index (χ1) is 10.6. The average molecular weight is 324 g/mol. The molecule has 1 aromatic carbocycles. The van der Waals surface area contributed by atoms with Crippen molar-refractivity contribution in [2.24, 2.45) is 11.7 Å². The number of carbonyl (C=O) groups is 2. The summed E-state index contributed by atoms with van der Waals surface area (Å²) in [6.45, 7) is 0.921. The van der Waals surface area contributed by atoms with E-state index in [1.165, 1.54) is 0 Å². The highest BCUT2D eigenvalue weighted by molar-refractivity contribution is 7.85. The molecule has 1 fully saturated rings. The van der Waals surface area contributed by atoms with E-state index in [-0.39, 0.29) is 24.0 Å². The fourth-order valence-electron chi connectivity index (χ4n) is 2.23. The van der Waals surface area contributed by atoms with Crippen LogP contribution in [0.3, 0.4) is 0 Å². The Balaban J connectivity index is 1.87. The third-order valence-corrected chi connectivity index (χ3v) is 4.96. The van der Waals surface area contributed by atoms with Crippen molar-refractivity contribution in [3.05, 3.63) is 30.3 Å². The molecule has 0 spiro atoms. The van der Waals surface area contributed by atoms with Crippen molar-refractivity contribution in [1.29, 1.82) is 0 Å². The van der Waals surface area contributed by atoms with Crippen LogP contribution in [0.25, 0.3) is 0 Å². The monoisotopic (exact) mass is 324 g/mol. The predicted octanol–water partition coefficient (Wildman–Crippen LogP) is 0.191. The first-order valence-electron chi connectivity index (χ1n) is 7.19. The quantitative estimate of drug-likeness (QED) is 0.748. The van der Waals surface area contributed by atoms with Gasteiger partial charge in [0.15, 0.2) is 0 Å². The zero-order chi connectivity index (χ0) is 15.9. The molecule has 0 unspecified atom stereocenters. The first-order valence-corrected chi connectivity index (χ1v) is 8.50. The van der Waals surface area contributed by atoms with Crippen LogP contribution in [0.2, 0.25) is 0 Å².